The monoisotopic (exact) mass is 397 g/mol. The number of fused-ring (bicyclic) bond motifs is 2. The van der Waals surface area contributed by atoms with Crippen molar-refractivity contribution < 1.29 is 9.21 Å². The quantitative estimate of drug-likeness (QED) is 0.660. The Labute approximate surface area is 167 Å². The maximum Gasteiger partial charge on any atom is 0.290 e. The lowest BCUT2D eigenvalue weighted by molar-refractivity contribution is 0.0720. The van der Waals surface area contributed by atoms with E-state index < -0.39 is 6.04 Å². The molecule has 0 spiro atoms. The molecule has 144 valence electrons. The highest BCUT2D eigenvalue weighted by molar-refractivity contribution is 6.31. The van der Waals surface area contributed by atoms with Gasteiger partial charge in [0.25, 0.3) is 5.91 Å². The summed E-state index contributed by atoms with van der Waals surface area (Å²) in [4.78, 5) is 34.6. The molecule has 1 aromatic carbocycles. The van der Waals surface area contributed by atoms with E-state index in [1.165, 1.54) is 0 Å². The van der Waals surface area contributed by atoms with Crippen LogP contribution in [0.2, 0.25) is 5.02 Å². The van der Waals surface area contributed by atoms with E-state index in [0.717, 1.165) is 13.0 Å². The third kappa shape index (κ3) is 3.19. The molecule has 0 radical (unpaired) electrons. The second-order valence-corrected chi connectivity index (χ2v) is 7.56. The van der Waals surface area contributed by atoms with Crippen LogP contribution in [0.4, 0.5) is 0 Å². The predicted molar refractivity (Wildman–Crippen MR) is 108 cm³/mol. The van der Waals surface area contributed by atoms with Gasteiger partial charge in [0.05, 0.1) is 16.6 Å². The summed E-state index contributed by atoms with van der Waals surface area (Å²) in [5, 5.41) is 0.816. The van der Waals surface area contributed by atoms with Gasteiger partial charge in [0.2, 0.25) is 5.76 Å². The summed E-state index contributed by atoms with van der Waals surface area (Å²) >= 11 is 6.08. The van der Waals surface area contributed by atoms with Crippen molar-refractivity contribution in [2.75, 3.05) is 27.2 Å². The number of benzene rings is 1. The molecule has 1 aliphatic heterocycles. The van der Waals surface area contributed by atoms with Crippen LogP contribution in [0.25, 0.3) is 11.0 Å². The minimum absolute atomic E-state index is 0.0975. The fourth-order valence-corrected chi connectivity index (χ4v) is 3.80. The molecule has 0 saturated heterocycles. The van der Waals surface area contributed by atoms with Gasteiger partial charge in [-0.1, -0.05) is 17.7 Å². The summed E-state index contributed by atoms with van der Waals surface area (Å²) in [5.74, 6) is -0.182. The number of aromatic nitrogens is 1. The van der Waals surface area contributed by atoms with Crippen molar-refractivity contribution in [1.29, 1.82) is 0 Å². The minimum Gasteiger partial charge on any atom is -0.450 e. The van der Waals surface area contributed by atoms with Crippen molar-refractivity contribution >= 4 is 28.5 Å². The predicted octanol–water partition coefficient (Wildman–Crippen LogP) is 3.34. The fraction of sp³-hybridized carbons (Fsp3) is 0.286. The Morgan fingerprint density at radius 3 is 2.75 bits per heavy atom. The SMILES string of the molecule is CN(C)CCCN1C(=O)c2oc3ccc(Cl)cc3c(=O)c2C1c1ccccn1. The molecule has 0 aliphatic carbocycles. The second kappa shape index (κ2) is 7.37. The molecule has 1 atom stereocenters. The van der Waals surface area contributed by atoms with Gasteiger partial charge in [0.15, 0.2) is 5.43 Å². The molecule has 4 rings (SSSR count). The number of hydrogen-bond donors (Lipinski definition) is 0. The first kappa shape index (κ1) is 18.7. The molecule has 3 heterocycles. The average molecular weight is 398 g/mol. The van der Waals surface area contributed by atoms with E-state index in [-0.39, 0.29) is 17.1 Å². The molecule has 1 unspecified atom stereocenters. The first-order valence-electron chi connectivity index (χ1n) is 9.10. The summed E-state index contributed by atoms with van der Waals surface area (Å²) in [6.07, 6.45) is 2.44. The van der Waals surface area contributed by atoms with E-state index in [2.05, 4.69) is 9.88 Å². The zero-order chi connectivity index (χ0) is 19.8. The van der Waals surface area contributed by atoms with Crippen LogP contribution in [0, 0.1) is 0 Å². The highest BCUT2D eigenvalue weighted by Crippen LogP contribution is 2.37. The number of hydrogen-bond acceptors (Lipinski definition) is 5. The van der Waals surface area contributed by atoms with Gasteiger partial charge in [0, 0.05) is 17.8 Å². The van der Waals surface area contributed by atoms with E-state index in [4.69, 9.17) is 16.0 Å². The first-order valence-corrected chi connectivity index (χ1v) is 9.48. The third-order valence-corrected chi connectivity index (χ3v) is 5.14. The summed E-state index contributed by atoms with van der Waals surface area (Å²) in [7, 11) is 3.97. The normalized spacial score (nSPS) is 16.2. The molecule has 1 amide bonds. The van der Waals surface area contributed by atoms with E-state index >= 15 is 0 Å². The average Bonchev–Trinajstić information content (AvgIpc) is 2.95. The molecule has 28 heavy (non-hydrogen) atoms. The highest BCUT2D eigenvalue weighted by atomic mass is 35.5. The smallest absolute Gasteiger partial charge is 0.290 e. The molecular formula is C21H20ClN3O3. The van der Waals surface area contributed by atoms with Gasteiger partial charge in [-0.05, 0) is 57.4 Å². The van der Waals surface area contributed by atoms with E-state index in [1.54, 1.807) is 35.4 Å². The molecule has 0 fully saturated rings. The first-order chi connectivity index (χ1) is 13.5. The Kier molecular flexibility index (Phi) is 4.91. The Hall–Kier alpha value is -2.70. The third-order valence-electron chi connectivity index (χ3n) is 4.90. The van der Waals surface area contributed by atoms with E-state index in [0.29, 0.717) is 33.8 Å². The van der Waals surface area contributed by atoms with Gasteiger partial charge in [-0.15, -0.1) is 0 Å². The number of amides is 1. The lowest BCUT2D eigenvalue weighted by Gasteiger charge is -2.24. The Morgan fingerprint density at radius 1 is 1.21 bits per heavy atom. The maximum atomic E-state index is 13.3. The van der Waals surface area contributed by atoms with E-state index in [1.807, 2.05) is 26.2 Å². The molecule has 0 N–H and O–H groups in total. The molecule has 0 saturated carbocycles. The highest BCUT2D eigenvalue weighted by Gasteiger charge is 2.43. The number of nitrogens with zero attached hydrogens (tertiary/aromatic N) is 3. The second-order valence-electron chi connectivity index (χ2n) is 7.13. The molecule has 1 aliphatic rings. The Bertz CT molecular complexity index is 1100. The molecule has 2 aromatic heterocycles. The van der Waals surface area contributed by atoms with Gasteiger partial charge in [-0.25, -0.2) is 0 Å². The molecular weight excluding hydrogens is 378 g/mol. The van der Waals surface area contributed by atoms with Gasteiger partial charge < -0.3 is 14.2 Å². The largest absolute Gasteiger partial charge is 0.450 e. The zero-order valence-corrected chi connectivity index (χ0v) is 16.4. The van der Waals surface area contributed by atoms with Crippen molar-refractivity contribution in [3.8, 4) is 0 Å². The number of rotatable bonds is 5. The number of pyridine rings is 1. The number of carbonyl (C=O) groups is 1. The van der Waals surface area contributed by atoms with Gasteiger partial charge >= 0.3 is 0 Å². The van der Waals surface area contributed by atoms with Crippen molar-refractivity contribution in [2.24, 2.45) is 0 Å². The van der Waals surface area contributed by atoms with Gasteiger partial charge in [0.1, 0.15) is 11.6 Å². The van der Waals surface area contributed by atoms with Crippen LogP contribution in [-0.4, -0.2) is 47.9 Å². The summed E-state index contributed by atoms with van der Waals surface area (Å²) in [6, 6.07) is 9.76. The van der Waals surface area contributed by atoms with Crippen LogP contribution in [-0.2, 0) is 0 Å². The Balaban J connectivity index is 1.88. The van der Waals surface area contributed by atoms with E-state index in [9.17, 15) is 9.59 Å². The summed E-state index contributed by atoms with van der Waals surface area (Å²) in [6.45, 7) is 1.33. The maximum absolute atomic E-state index is 13.3. The van der Waals surface area contributed by atoms with Crippen LogP contribution < -0.4 is 5.43 Å². The van der Waals surface area contributed by atoms with Crippen LogP contribution in [0.3, 0.4) is 0 Å². The van der Waals surface area contributed by atoms with Crippen LogP contribution >= 0.6 is 11.6 Å². The van der Waals surface area contributed by atoms with Crippen molar-refractivity contribution in [2.45, 2.75) is 12.5 Å². The topological polar surface area (TPSA) is 66.7 Å². The molecule has 7 heteroatoms. The van der Waals surface area contributed by atoms with Crippen molar-refractivity contribution in [3.63, 3.8) is 0 Å². The Morgan fingerprint density at radius 2 is 2.04 bits per heavy atom. The summed E-state index contributed by atoms with van der Waals surface area (Å²) in [5.41, 5.74) is 1.10. The van der Waals surface area contributed by atoms with Crippen LogP contribution in [0.15, 0.2) is 51.8 Å². The lowest BCUT2D eigenvalue weighted by Crippen LogP contribution is -2.32. The molecule has 3 aromatic rings. The zero-order valence-electron chi connectivity index (χ0n) is 15.7. The van der Waals surface area contributed by atoms with Crippen molar-refractivity contribution in [3.05, 3.63) is 74.9 Å². The van der Waals surface area contributed by atoms with Crippen molar-refractivity contribution in [1.82, 2.24) is 14.8 Å². The lowest BCUT2D eigenvalue weighted by atomic mass is 10.0. The van der Waals surface area contributed by atoms with Gasteiger partial charge in [-0.3, -0.25) is 14.6 Å². The molecule has 6 nitrogen and oxygen atoms in total. The standard InChI is InChI=1S/C21H20ClN3O3/c1-24(2)10-5-11-25-18(15-6-3-4-9-23-15)17-19(26)14-12-13(22)7-8-16(14)28-20(17)21(25)27/h3-4,6-9,12,18H,5,10-11H2,1-2H3. The van der Waals surface area contributed by atoms with Crippen LogP contribution in [0.5, 0.6) is 0 Å². The number of carbonyl (C=O) groups excluding carboxylic acids is 1. The fourth-order valence-electron chi connectivity index (χ4n) is 3.63. The van der Waals surface area contributed by atoms with Crippen LogP contribution in [0.1, 0.15) is 34.3 Å². The number of halogens is 1. The summed E-state index contributed by atoms with van der Waals surface area (Å²) < 4.78 is 5.87. The van der Waals surface area contributed by atoms with Gasteiger partial charge in [-0.2, -0.15) is 0 Å². The molecule has 0 bridgehead atoms. The minimum atomic E-state index is -0.564.